The molecular weight excluding hydrogens is 317 g/mol. The van der Waals surface area contributed by atoms with Crippen LogP contribution in [0.2, 0.25) is 10.0 Å². The number of nitrogens with one attached hydrogen (secondary N) is 1. The molecule has 2 heterocycles. The number of rotatable bonds is 4. The van der Waals surface area contributed by atoms with Crippen molar-refractivity contribution in [3.05, 3.63) is 51.0 Å². The van der Waals surface area contributed by atoms with Gasteiger partial charge in [0.1, 0.15) is 0 Å². The predicted octanol–water partition coefficient (Wildman–Crippen LogP) is 4.72. The number of thiophene rings is 1. The maximum Gasteiger partial charge on any atom is 0.246 e. The lowest BCUT2D eigenvalue weighted by Crippen LogP contribution is -1.99. The fourth-order valence-electron chi connectivity index (χ4n) is 1.62. The molecule has 2 aromatic heterocycles. The van der Waals surface area contributed by atoms with Gasteiger partial charge < -0.3 is 9.84 Å². The molecule has 20 heavy (non-hydrogen) atoms. The van der Waals surface area contributed by atoms with Gasteiger partial charge in [-0.15, -0.1) is 0 Å². The molecular formula is C13H9Cl2N3OS. The van der Waals surface area contributed by atoms with Crippen molar-refractivity contribution < 1.29 is 4.52 Å². The zero-order valence-electron chi connectivity index (χ0n) is 10.1. The molecule has 0 aliphatic rings. The number of hydrogen-bond donors (Lipinski definition) is 1. The zero-order valence-corrected chi connectivity index (χ0v) is 12.5. The van der Waals surface area contributed by atoms with Gasteiger partial charge in [-0.25, -0.2) is 0 Å². The van der Waals surface area contributed by atoms with Crippen molar-refractivity contribution in [3.63, 3.8) is 0 Å². The molecule has 4 nitrogen and oxygen atoms in total. The third kappa shape index (κ3) is 2.95. The van der Waals surface area contributed by atoms with Gasteiger partial charge >= 0.3 is 0 Å². The van der Waals surface area contributed by atoms with E-state index in [9.17, 15) is 0 Å². The minimum Gasteiger partial charge on any atom is -0.376 e. The Morgan fingerprint density at radius 3 is 2.85 bits per heavy atom. The average molecular weight is 326 g/mol. The Kier molecular flexibility index (Phi) is 3.91. The van der Waals surface area contributed by atoms with Gasteiger partial charge in [-0.2, -0.15) is 16.3 Å². The van der Waals surface area contributed by atoms with Crippen LogP contribution in [0.3, 0.4) is 0 Å². The lowest BCUT2D eigenvalue weighted by atomic mass is 10.3. The van der Waals surface area contributed by atoms with Crippen LogP contribution in [0, 0.1) is 0 Å². The van der Waals surface area contributed by atoms with Gasteiger partial charge in [-0.05, 0) is 29.6 Å². The summed E-state index contributed by atoms with van der Waals surface area (Å²) in [5.74, 6) is 1.11. The van der Waals surface area contributed by atoms with Crippen LogP contribution in [-0.4, -0.2) is 10.1 Å². The lowest BCUT2D eigenvalue weighted by Gasteiger charge is -2.04. The minimum absolute atomic E-state index is 0.426. The van der Waals surface area contributed by atoms with Gasteiger partial charge in [0.15, 0.2) is 0 Å². The van der Waals surface area contributed by atoms with Crippen LogP contribution < -0.4 is 5.32 Å². The number of halogens is 2. The Labute approximate surface area is 129 Å². The van der Waals surface area contributed by atoms with Crippen molar-refractivity contribution >= 4 is 40.2 Å². The van der Waals surface area contributed by atoms with E-state index in [4.69, 9.17) is 27.7 Å². The molecule has 3 aromatic rings. The third-order valence-electron chi connectivity index (χ3n) is 2.61. The topological polar surface area (TPSA) is 51.0 Å². The highest BCUT2D eigenvalue weighted by atomic mass is 35.5. The highest BCUT2D eigenvalue weighted by Gasteiger charge is 2.08. The summed E-state index contributed by atoms with van der Waals surface area (Å²) in [7, 11) is 0. The van der Waals surface area contributed by atoms with E-state index in [1.54, 1.807) is 23.5 Å². The second-order valence-electron chi connectivity index (χ2n) is 4.01. The molecule has 0 saturated heterocycles. The van der Waals surface area contributed by atoms with Crippen molar-refractivity contribution in [2.24, 2.45) is 0 Å². The van der Waals surface area contributed by atoms with Gasteiger partial charge in [0.25, 0.3) is 0 Å². The highest BCUT2D eigenvalue weighted by molar-refractivity contribution is 7.08. The van der Waals surface area contributed by atoms with Crippen LogP contribution in [-0.2, 0) is 6.54 Å². The smallest absolute Gasteiger partial charge is 0.246 e. The maximum atomic E-state index is 5.95. The van der Waals surface area contributed by atoms with Gasteiger partial charge in [0, 0.05) is 16.6 Å². The molecule has 0 saturated carbocycles. The van der Waals surface area contributed by atoms with E-state index in [-0.39, 0.29) is 0 Å². The van der Waals surface area contributed by atoms with E-state index in [0.717, 1.165) is 11.3 Å². The van der Waals surface area contributed by atoms with Crippen LogP contribution >= 0.6 is 34.5 Å². The average Bonchev–Trinajstić information content (AvgIpc) is 3.09. The Morgan fingerprint density at radius 2 is 2.10 bits per heavy atom. The number of aromatic nitrogens is 2. The largest absolute Gasteiger partial charge is 0.376 e. The molecule has 0 fully saturated rings. The fourth-order valence-corrected chi connectivity index (χ4v) is 2.55. The van der Waals surface area contributed by atoms with Crippen LogP contribution in [0.15, 0.2) is 39.5 Å². The molecule has 102 valence electrons. The molecule has 1 aromatic carbocycles. The standard InChI is InChI=1S/C13H9Cl2N3OS/c14-10-2-1-9(5-11(10)15)16-6-12-17-13(18-19-12)8-3-4-20-7-8/h1-5,7,16H,6H2. The molecule has 7 heteroatoms. The number of nitrogens with zero attached hydrogens (tertiary/aromatic N) is 2. The molecule has 0 aliphatic heterocycles. The van der Waals surface area contributed by atoms with Crippen LogP contribution in [0.4, 0.5) is 5.69 Å². The Balaban J connectivity index is 1.68. The molecule has 1 N–H and O–H groups in total. The maximum absolute atomic E-state index is 5.95. The van der Waals surface area contributed by atoms with Crippen LogP contribution in [0.25, 0.3) is 11.4 Å². The van der Waals surface area contributed by atoms with Crippen molar-refractivity contribution in [2.45, 2.75) is 6.54 Å². The molecule has 0 radical (unpaired) electrons. The van der Waals surface area contributed by atoms with E-state index in [0.29, 0.717) is 28.3 Å². The van der Waals surface area contributed by atoms with Gasteiger partial charge in [0.2, 0.25) is 11.7 Å². The first-order chi connectivity index (χ1) is 9.72. The second-order valence-corrected chi connectivity index (χ2v) is 5.60. The number of benzene rings is 1. The van der Waals surface area contributed by atoms with Crippen molar-refractivity contribution in [1.29, 1.82) is 0 Å². The van der Waals surface area contributed by atoms with Gasteiger partial charge in [-0.3, -0.25) is 0 Å². The van der Waals surface area contributed by atoms with E-state index in [2.05, 4.69) is 15.5 Å². The zero-order chi connectivity index (χ0) is 13.9. The first-order valence-corrected chi connectivity index (χ1v) is 7.46. The van der Waals surface area contributed by atoms with Crippen molar-refractivity contribution in [3.8, 4) is 11.4 Å². The Bertz CT molecular complexity index is 712. The molecule has 0 bridgehead atoms. The Hall–Kier alpha value is -1.56. The quantitative estimate of drug-likeness (QED) is 0.754. The normalized spacial score (nSPS) is 10.7. The summed E-state index contributed by atoms with van der Waals surface area (Å²) in [4.78, 5) is 4.32. The molecule has 0 spiro atoms. The minimum atomic E-state index is 0.426. The van der Waals surface area contributed by atoms with Crippen molar-refractivity contribution in [2.75, 3.05) is 5.32 Å². The molecule has 0 amide bonds. The Morgan fingerprint density at radius 1 is 1.20 bits per heavy atom. The second kappa shape index (κ2) is 5.83. The van der Waals surface area contributed by atoms with Crippen LogP contribution in [0.5, 0.6) is 0 Å². The molecule has 0 unspecified atom stereocenters. The summed E-state index contributed by atoms with van der Waals surface area (Å²) < 4.78 is 5.19. The summed E-state index contributed by atoms with van der Waals surface area (Å²) in [6.45, 7) is 0.426. The monoisotopic (exact) mass is 325 g/mol. The number of anilines is 1. The van der Waals surface area contributed by atoms with E-state index < -0.39 is 0 Å². The van der Waals surface area contributed by atoms with Gasteiger partial charge in [0.05, 0.1) is 16.6 Å². The highest BCUT2D eigenvalue weighted by Crippen LogP contribution is 2.25. The number of hydrogen-bond acceptors (Lipinski definition) is 5. The summed E-state index contributed by atoms with van der Waals surface area (Å²) in [5.41, 5.74) is 1.80. The van der Waals surface area contributed by atoms with Crippen LogP contribution in [0.1, 0.15) is 5.89 Å². The predicted molar refractivity (Wildman–Crippen MR) is 81.4 cm³/mol. The molecule has 0 aliphatic carbocycles. The van der Waals surface area contributed by atoms with E-state index in [1.807, 2.05) is 22.9 Å². The molecule has 3 rings (SSSR count). The summed E-state index contributed by atoms with van der Waals surface area (Å²) >= 11 is 13.4. The first-order valence-electron chi connectivity index (χ1n) is 5.76. The fraction of sp³-hybridized carbons (Fsp3) is 0.0769. The van der Waals surface area contributed by atoms with Gasteiger partial charge in [-0.1, -0.05) is 28.4 Å². The van der Waals surface area contributed by atoms with Crippen molar-refractivity contribution in [1.82, 2.24) is 10.1 Å². The third-order valence-corrected chi connectivity index (χ3v) is 4.03. The lowest BCUT2D eigenvalue weighted by molar-refractivity contribution is 0.384. The summed E-state index contributed by atoms with van der Waals surface area (Å²) in [6.07, 6.45) is 0. The summed E-state index contributed by atoms with van der Waals surface area (Å²) in [6, 6.07) is 7.27. The molecule has 0 atom stereocenters. The van der Waals surface area contributed by atoms with E-state index >= 15 is 0 Å². The van der Waals surface area contributed by atoms with E-state index in [1.165, 1.54) is 0 Å². The first kappa shape index (κ1) is 13.4. The SMILES string of the molecule is Clc1ccc(NCc2nc(-c3ccsc3)no2)cc1Cl. The summed E-state index contributed by atoms with van der Waals surface area (Å²) in [5, 5.41) is 12.1.